The summed E-state index contributed by atoms with van der Waals surface area (Å²) in [4.78, 5) is 12.8. The summed E-state index contributed by atoms with van der Waals surface area (Å²) in [5, 5.41) is 2.65. The van der Waals surface area contributed by atoms with Gasteiger partial charge in [-0.25, -0.2) is 4.79 Å². The van der Waals surface area contributed by atoms with Crippen LogP contribution in [-0.4, -0.2) is 36.6 Å². The van der Waals surface area contributed by atoms with Crippen LogP contribution in [0.15, 0.2) is 0 Å². The molecular formula is C8H17N3O. The number of amides is 2. The summed E-state index contributed by atoms with van der Waals surface area (Å²) in [5.74, 6) is 0. The van der Waals surface area contributed by atoms with Crippen LogP contribution in [-0.2, 0) is 0 Å². The van der Waals surface area contributed by atoms with Crippen LogP contribution in [0.2, 0.25) is 0 Å². The number of nitrogens with one attached hydrogen (secondary N) is 1. The summed E-state index contributed by atoms with van der Waals surface area (Å²) in [6, 6.07) is 0.0838. The van der Waals surface area contributed by atoms with Crippen LogP contribution in [0.5, 0.6) is 0 Å². The summed E-state index contributed by atoms with van der Waals surface area (Å²) < 4.78 is 0. The van der Waals surface area contributed by atoms with E-state index in [9.17, 15) is 4.79 Å². The second-order valence-electron chi connectivity index (χ2n) is 3.17. The van der Waals surface area contributed by atoms with Crippen molar-refractivity contribution in [3.8, 4) is 0 Å². The van der Waals surface area contributed by atoms with Gasteiger partial charge in [-0.15, -0.1) is 0 Å². The Balaban J connectivity index is 2.26. The number of urea groups is 1. The fraction of sp³-hybridized carbons (Fsp3) is 0.875. The lowest BCUT2D eigenvalue weighted by atomic mass is 10.2. The lowest BCUT2D eigenvalue weighted by Crippen LogP contribution is -2.41. The Morgan fingerprint density at radius 2 is 2.50 bits per heavy atom. The van der Waals surface area contributed by atoms with Crippen molar-refractivity contribution in [2.45, 2.75) is 25.8 Å². The molecule has 1 rings (SSSR count). The van der Waals surface area contributed by atoms with Crippen LogP contribution in [0.1, 0.15) is 19.8 Å². The molecule has 0 saturated carbocycles. The Morgan fingerprint density at radius 3 is 3.08 bits per heavy atom. The Hall–Kier alpha value is -0.770. The van der Waals surface area contributed by atoms with Gasteiger partial charge in [-0.1, -0.05) is 6.92 Å². The highest BCUT2D eigenvalue weighted by molar-refractivity contribution is 5.71. The summed E-state index contributed by atoms with van der Waals surface area (Å²) in [6.45, 7) is 5.05. The van der Waals surface area contributed by atoms with E-state index in [1.54, 1.807) is 0 Å². The number of hydrogen-bond donors (Lipinski definition) is 2. The van der Waals surface area contributed by atoms with Gasteiger partial charge in [-0.3, -0.25) is 4.90 Å². The number of primary amides is 1. The summed E-state index contributed by atoms with van der Waals surface area (Å²) in [6.07, 6.45) is 2.41. The van der Waals surface area contributed by atoms with Crippen molar-refractivity contribution in [1.82, 2.24) is 10.2 Å². The highest BCUT2D eigenvalue weighted by Gasteiger charge is 2.22. The Bertz CT molecular complexity index is 160. The molecular weight excluding hydrogens is 154 g/mol. The summed E-state index contributed by atoms with van der Waals surface area (Å²) in [7, 11) is 0. The van der Waals surface area contributed by atoms with E-state index in [0.29, 0.717) is 12.6 Å². The second-order valence-corrected chi connectivity index (χ2v) is 3.17. The molecule has 0 aromatic rings. The molecule has 4 nitrogen and oxygen atoms in total. The van der Waals surface area contributed by atoms with E-state index in [2.05, 4.69) is 17.1 Å². The lowest BCUT2D eigenvalue weighted by molar-refractivity contribution is 0.235. The number of likely N-dealkylation sites (tertiary alicyclic amines) is 1. The minimum Gasteiger partial charge on any atom is -0.352 e. The molecule has 3 N–H and O–H groups in total. The van der Waals surface area contributed by atoms with E-state index in [4.69, 9.17) is 5.73 Å². The van der Waals surface area contributed by atoms with Gasteiger partial charge in [0.05, 0.1) is 0 Å². The zero-order valence-electron chi connectivity index (χ0n) is 7.55. The topological polar surface area (TPSA) is 58.4 Å². The molecule has 0 aliphatic carbocycles. The van der Waals surface area contributed by atoms with Gasteiger partial charge in [0.25, 0.3) is 0 Å². The number of carbonyl (C=O) groups is 1. The number of hydrogen-bond acceptors (Lipinski definition) is 2. The molecule has 2 amide bonds. The minimum atomic E-state index is -0.419. The van der Waals surface area contributed by atoms with Crippen molar-refractivity contribution in [2.75, 3.05) is 19.6 Å². The smallest absolute Gasteiger partial charge is 0.312 e. The zero-order chi connectivity index (χ0) is 8.97. The Labute approximate surface area is 73.1 Å². The maximum absolute atomic E-state index is 10.4. The molecule has 1 aliphatic rings. The monoisotopic (exact) mass is 171 g/mol. The fourth-order valence-electron chi connectivity index (χ4n) is 1.76. The molecule has 70 valence electrons. The van der Waals surface area contributed by atoms with Crippen LogP contribution in [0.25, 0.3) is 0 Å². The largest absolute Gasteiger partial charge is 0.352 e. The van der Waals surface area contributed by atoms with Crippen molar-refractivity contribution in [3.05, 3.63) is 0 Å². The first-order chi connectivity index (χ1) is 5.74. The molecule has 0 bridgehead atoms. The predicted octanol–water partition coefficient (Wildman–Crippen LogP) is 0.139. The molecule has 0 spiro atoms. The molecule has 1 atom stereocenters. The van der Waals surface area contributed by atoms with Crippen LogP contribution < -0.4 is 11.1 Å². The normalized spacial score (nSPS) is 24.2. The van der Waals surface area contributed by atoms with Crippen molar-refractivity contribution >= 4 is 6.03 Å². The van der Waals surface area contributed by atoms with Gasteiger partial charge in [0.1, 0.15) is 0 Å². The number of nitrogens with zero attached hydrogens (tertiary/aromatic N) is 1. The van der Waals surface area contributed by atoms with E-state index in [0.717, 1.165) is 13.1 Å². The zero-order valence-corrected chi connectivity index (χ0v) is 7.55. The lowest BCUT2D eigenvalue weighted by Gasteiger charge is -2.22. The van der Waals surface area contributed by atoms with Gasteiger partial charge in [0.2, 0.25) is 0 Å². The quantitative estimate of drug-likeness (QED) is 0.634. The Kier molecular flexibility index (Phi) is 3.34. The van der Waals surface area contributed by atoms with Gasteiger partial charge < -0.3 is 11.1 Å². The molecule has 0 aromatic heterocycles. The summed E-state index contributed by atoms with van der Waals surface area (Å²) >= 11 is 0. The second kappa shape index (κ2) is 4.30. The average Bonchev–Trinajstić information content (AvgIpc) is 2.47. The molecule has 1 aliphatic heterocycles. The number of nitrogens with two attached hydrogens (primary N) is 1. The van der Waals surface area contributed by atoms with Crippen LogP contribution in [0.3, 0.4) is 0 Å². The van der Waals surface area contributed by atoms with E-state index >= 15 is 0 Å². The van der Waals surface area contributed by atoms with Gasteiger partial charge in [-0.2, -0.15) is 0 Å². The predicted molar refractivity (Wildman–Crippen MR) is 47.9 cm³/mol. The Morgan fingerprint density at radius 1 is 1.75 bits per heavy atom. The first-order valence-corrected chi connectivity index (χ1v) is 4.51. The van der Waals surface area contributed by atoms with Crippen molar-refractivity contribution in [2.24, 2.45) is 5.73 Å². The number of carbonyl (C=O) groups excluding carboxylic acids is 1. The first kappa shape index (κ1) is 9.32. The highest BCUT2D eigenvalue weighted by atomic mass is 16.2. The van der Waals surface area contributed by atoms with Gasteiger partial charge >= 0.3 is 6.03 Å². The summed E-state index contributed by atoms with van der Waals surface area (Å²) in [5.41, 5.74) is 4.99. The van der Waals surface area contributed by atoms with Crippen molar-refractivity contribution in [3.63, 3.8) is 0 Å². The van der Waals surface area contributed by atoms with Crippen LogP contribution in [0, 0.1) is 0 Å². The molecule has 1 saturated heterocycles. The maximum Gasteiger partial charge on any atom is 0.312 e. The highest BCUT2D eigenvalue weighted by Crippen LogP contribution is 2.15. The molecule has 1 heterocycles. The van der Waals surface area contributed by atoms with Gasteiger partial charge in [0, 0.05) is 12.6 Å². The fourth-order valence-corrected chi connectivity index (χ4v) is 1.76. The molecule has 1 fully saturated rings. The van der Waals surface area contributed by atoms with Gasteiger partial charge in [0.15, 0.2) is 0 Å². The third-order valence-corrected chi connectivity index (χ3v) is 2.42. The van der Waals surface area contributed by atoms with Crippen molar-refractivity contribution < 1.29 is 4.79 Å². The van der Waals surface area contributed by atoms with E-state index in [1.807, 2.05) is 0 Å². The standard InChI is InChI=1S/C8H17N3O/c1-2-11-5-3-4-7(11)6-10-8(9)12/h7H,2-6H2,1H3,(H3,9,10,12). The SMILES string of the molecule is CCN1CCCC1CNC(N)=O. The molecule has 0 aromatic carbocycles. The third-order valence-electron chi connectivity index (χ3n) is 2.42. The average molecular weight is 171 g/mol. The number of likely N-dealkylation sites (N-methyl/N-ethyl adjacent to an activating group) is 1. The van der Waals surface area contributed by atoms with E-state index in [-0.39, 0.29) is 0 Å². The molecule has 4 heteroatoms. The maximum atomic E-state index is 10.4. The first-order valence-electron chi connectivity index (χ1n) is 4.51. The molecule has 12 heavy (non-hydrogen) atoms. The van der Waals surface area contributed by atoms with Crippen LogP contribution in [0.4, 0.5) is 4.79 Å². The van der Waals surface area contributed by atoms with Crippen LogP contribution >= 0.6 is 0 Å². The number of rotatable bonds is 3. The minimum absolute atomic E-state index is 0.419. The van der Waals surface area contributed by atoms with E-state index < -0.39 is 6.03 Å². The van der Waals surface area contributed by atoms with Gasteiger partial charge in [-0.05, 0) is 25.9 Å². The van der Waals surface area contributed by atoms with E-state index in [1.165, 1.54) is 12.8 Å². The molecule has 0 radical (unpaired) electrons. The van der Waals surface area contributed by atoms with Crippen molar-refractivity contribution in [1.29, 1.82) is 0 Å². The third kappa shape index (κ3) is 2.37. The molecule has 1 unspecified atom stereocenters.